The van der Waals surface area contributed by atoms with Crippen LogP contribution in [-0.4, -0.2) is 21.6 Å². The summed E-state index contributed by atoms with van der Waals surface area (Å²) in [7, 11) is 0. The Kier molecular flexibility index (Phi) is 5.44. The largest absolute Gasteiger partial charge is 0.366 e. The fourth-order valence-corrected chi connectivity index (χ4v) is 2.95. The van der Waals surface area contributed by atoms with Crippen molar-refractivity contribution in [3.63, 3.8) is 0 Å². The van der Waals surface area contributed by atoms with Crippen molar-refractivity contribution in [1.82, 2.24) is 9.78 Å². The summed E-state index contributed by atoms with van der Waals surface area (Å²) in [5.41, 5.74) is 6.05. The zero-order chi connectivity index (χ0) is 21.3. The SMILES string of the molecule is CC(C)(C)n1cc(C(=O)Nc2ccc(F)c(C(N)=O)c2)c(-c2ccccc2Cl)n1. The summed E-state index contributed by atoms with van der Waals surface area (Å²) in [6.07, 6.45) is 1.63. The third kappa shape index (κ3) is 4.30. The molecule has 1 aromatic heterocycles. The lowest BCUT2D eigenvalue weighted by atomic mass is 10.1. The van der Waals surface area contributed by atoms with Crippen molar-refractivity contribution >= 4 is 29.1 Å². The third-order valence-corrected chi connectivity index (χ3v) is 4.59. The topological polar surface area (TPSA) is 90.0 Å². The summed E-state index contributed by atoms with van der Waals surface area (Å²) in [6, 6.07) is 10.7. The van der Waals surface area contributed by atoms with Gasteiger partial charge in [0.1, 0.15) is 11.5 Å². The molecule has 0 atom stereocenters. The number of nitrogens with two attached hydrogens (primary N) is 1. The maximum Gasteiger partial charge on any atom is 0.259 e. The van der Waals surface area contributed by atoms with Crippen LogP contribution < -0.4 is 11.1 Å². The van der Waals surface area contributed by atoms with Crippen molar-refractivity contribution in [1.29, 1.82) is 0 Å². The normalized spacial score (nSPS) is 11.3. The molecule has 0 aliphatic rings. The molecule has 8 heteroatoms. The van der Waals surface area contributed by atoms with E-state index < -0.39 is 17.6 Å². The summed E-state index contributed by atoms with van der Waals surface area (Å²) < 4.78 is 15.4. The highest BCUT2D eigenvalue weighted by Gasteiger charge is 2.24. The van der Waals surface area contributed by atoms with Crippen molar-refractivity contribution in [2.75, 3.05) is 5.32 Å². The van der Waals surface area contributed by atoms with E-state index in [1.54, 1.807) is 35.1 Å². The van der Waals surface area contributed by atoms with Gasteiger partial charge in [0, 0.05) is 17.4 Å². The van der Waals surface area contributed by atoms with Crippen molar-refractivity contribution in [3.05, 3.63) is 70.6 Å². The number of amides is 2. The third-order valence-electron chi connectivity index (χ3n) is 4.26. The highest BCUT2D eigenvalue weighted by atomic mass is 35.5. The van der Waals surface area contributed by atoms with E-state index >= 15 is 0 Å². The summed E-state index contributed by atoms with van der Waals surface area (Å²) in [5.74, 6) is -2.15. The van der Waals surface area contributed by atoms with Crippen molar-refractivity contribution in [2.45, 2.75) is 26.3 Å². The Morgan fingerprint density at radius 2 is 1.83 bits per heavy atom. The van der Waals surface area contributed by atoms with Gasteiger partial charge in [-0.2, -0.15) is 5.10 Å². The number of hydrogen-bond donors (Lipinski definition) is 2. The van der Waals surface area contributed by atoms with Gasteiger partial charge in [-0.05, 0) is 45.0 Å². The van der Waals surface area contributed by atoms with Crippen LogP contribution in [0, 0.1) is 5.82 Å². The monoisotopic (exact) mass is 414 g/mol. The van der Waals surface area contributed by atoms with E-state index in [-0.39, 0.29) is 22.4 Å². The molecule has 1 heterocycles. The fraction of sp³-hybridized carbons (Fsp3) is 0.190. The minimum atomic E-state index is -0.920. The van der Waals surface area contributed by atoms with Crippen LogP contribution in [0.25, 0.3) is 11.3 Å². The van der Waals surface area contributed by atoms with Gasteiger partial charge in [-0.1, -0.05) is 29.8 Å². The molecule has 3 N–H and O–H groups in total. The molecule has 0 fully saturated rings. The Balaban J connectivity index is 2.05. The molecule has 0 radical (unpaired) electrons. The Bertz CT molecular complexity index is 1100. The van der Waals surface area contributed by atoms with Crippen molar-refractivity contribution in [2.24, 2.45) is 5.73 Å². The molecule has 6 nitrogen and oxygen atoms in total. The minimum absolute atomic E-state index is 0.235. The zero-order valence-corrected chi connectivity index (χ0v) is 16.9. The maximum absolute atomic E-state index is 13.7. The second-order valence-corrected chi connectivity index (χ2v) is 7.91. The number of nitrogens with zero attached hydrogens (tertiary/aromatic N) is 2. The molecule has 0 aliphatic heterocycles. The number of carbonyl (C=O) groups excluding carboxylic acids is 2. The van der Waals surface area contributed by atoms with Crippen LogP contribution in [0.4, 0.5) is 10.1 Å². The molecule has 0 saturated heterocycles. The van der Waals surface area contributed by atoms with E-state index in [1.165, 1.54) is 12.1 Å². The predicted molar refractivity (Wildman–Crippen MR) is 111 cm³/mol. The van der Waals surface area contributed by atoms with Gasteiger partial charge >= 0.3 is 0 Å². The number of primary amides is 1. The second kappa shape index (κ2) is 7.67. The molecule has 29 heavy (non-hydrogen) atoms. The molecule has 3 rings (SSSR count). The van der Waals surface area contributed by atoms with Crippen LogP contribution in [-0.2, 0) is 5.54 Å². The highest BCUT2D eigenvalue weighted by molar-refractivity contribution is 6.33. The zero-order valence-electron chi connectivity index (χ0n) is 16.2. The first-order chi connectivity index (χ1) is 13.6. The van der Waals surface area contributed by atoms with E-state index in [4.69, 9.17) is 17.3 Å². The number of benzene rings is 2. The number of hydrogen-bond acceptors (Lipinski definition) is 3. The van der Waals surface area contributed by atoms with Crippen LogP contribution in [0.15, 0.2) is 48.7 Å². The van der Waals surface area contributed by atoms with Gasteiger partial charge in [0.25, 0.3) is 11.8 Å². The smallest absolute Gasteiger partial charge is 0.259 e. The van der Waals surface area contributed by atoms with E-state index in [1.807, 2.05) is 20.8 Å². The highest BCUT2D eigenvalue weighted by Crippen LogP contribution is 2.31. The van der Waals surface area contributed by atoms with Crippen LogP contribution in [0.5, 0.6) is 0 Å². The molecular weight excluding hydrogens is 395 g/mol. The average Bonchev–Trinajstić information content (AvgIpc) is 3.09. The van der Waals surface area contributed by atoms with Crippen molar-refractivity contribution in [3.8, 4) is 11.3 Å². The second-order valence-electron chi connectivity index (χ2n) is 7.50. The molecule has 2 amide bonds. The lowest BCUT2D eigenvalue weighted by Crippen LogP contribution is -2.22. The van der Waals surface area contributed by atoms with Gasteiger partial charge in [-0.25, -0.2) is 4.39 Å². The Labute approximate surface area is 172 Å². The quantitative estimate of drug-likeness (QED) is 0.660. The lowest BCUT2D eigenvalue weighted by Gasteiger charge is -2.18. The maximum atomic E-state index is 13.7. The molecule has 3 aromatic rings. The first kappa shape index (κ1) is 20.5. The molecule has 0 saturated carbocycles. The molecular formula is C21H20ClFN4O2. The number of aromatic nitrogens is 2. The first-order valence-corrected chi connectivity index (χ1v) is 9.21. The first-order valence-electron chi connectivity index (χ1n) is 8.83. The van der Waals surface area contributed by atoms with Gasteiger partial charge in [0.15, 0.2) is 0 Å². The number of rotatable bonds is 4. The van der Waals surface area contributed by atoms with Crippen LogP contribution >= 0.6 is 11.6 Å². The van der Waals surface area contributed by atoms with Gasteiger partial charge in [-0.3, -0.25) is 14.3 Å². The molecule has 0 aliphatic carbocycles. The van der Waals surface area contributed by atoms with Gasteiger partial charge < -0.3 is 11.1 Å². The summed E-state index contributed by atoms with van der Waals surface area (Å²) in [5, 5.41) is 7.69. The number of carbonyl (C=O) groups is 2. The minimum Gasteiger partial charge on any atom is -0.366 e. The van der Waals surface area contributed by atoms with Gasteiger partial charge in [-0.15, -0.1) is 0 Å². The standard InChI is InChI=1S/C21H20ClFN4O2/c1-21(2,3)27-11-15(18(26-27)13-6-4-5-7-16(13)22)20(29)25-12-8-9-17(23)14(10-12)19(24)28/h4-11H,1-3H3,(H2,24,28)(H,25,29). The Hall–Kier alpha value is -3.19. The number of anilines is 1. The number of halogens is 2. The summed E-state index contributed by atoms with van der Waals surface area (Å²) >= 11 is 6.32. The van der Waals surface area contributed by atoms with E-state index in [0.717, 1.165) is 6.07 Å². The number of nitrogens with one attached hydrogen (secondary N) is 1. The van der Waals surface area contributed by atoms with Gasteiger partial charge in [0.2, 0.25) is 0 Å². The Morgan fingerprint density at radius 1 is 1.14 bits per heavy atom. The molecule has 2 aromatic carbocycles. The average molecular weight is 415 g/mol. The molecule has 0 bridgehead atoms. The van der Waals surface area contributed by atoms with Crippen LogP contribution in [0.3, 0.4) is 0 Å². The molecule has 0 spiro atoms. The Morgan fingerprint density at radius 3 is 2.45 bits per heavy atom. The van der Waals surface area contributed by atoms with Gasteiger partial charge in [0.05, 0.1) is 21.7 Å². The predicted octanol–water partition coefficient (Wildman–Crippen LogP) is 4.45. The van der Waals surface area contributed by atoms with E-state index in [9.17, 15) is 14.0 Å². The van der Waals surface area contributed by atoms with E-state index in [2.05, 4.69) is 10.4 Å². The molecule has 0 unspecified atom stereocenters. The lowest BCUT2D eigenvalue weighted by molar-refractivity contribution is 0.0992. The van der Waals surface area contributed by atoms with Crippen LogP contribution in [0.1, 0.15) is 41.5 Å². The molecule has 150 valence electrons. The fourth-order valence-electron chi connectivity index (χ4n) is 2.73. The summed E-state index contributed by atoms with van der Waals surface area (Å²) in [4.78, 5) is 24.4. The van der Waals surface area contributed by atoms with Crippen LogP contribution in [0.2, 0.25) is 5.02 Å². The summed E-state index contributed by atoms with van der Waals surface area (Å²) in [6.45, 7) is 5.87. The van der Waals surface area contributed by atoms with E-state index in [0.29, 0.717) is 16.3 Å². The van der Waals surface area contributed by atoms with Crippen molar-refractivity contribution < 1.29 is 14.0 Å².